The SMILES string of the molecule is CC(C)[Si]([Si])(C(C)C)C(C)C. The van der Waals surface area contributed by atoms with Gasteiger partial charge in [0.25, 0.3) is 0 Å². The van der Waals surface area contributed by atoms with E-state index in [0.29, 0.717) is 0 Å². The molecule has 0 spiro atoms. The lowest BCUT2D eigenvalue weighted by Gasteiger charge is -2.39. The van der Waals surface area contributed by atoms with Crippen LogP contribution in [0.25, 0.3) is 0 Å². The molecule has 11 heavy (non-hydrogen) atoms. The molecule has 0 bridgehead atoms. The van der Waals surface area contributed by atoms with Gasteiger partial charge >= 0.3 is 0 Å². The number of hydrogen-bond donors (Lipinski definition) is 0. The Morgan fingerprint density at radius 3 is 0.909 bits per heavy atom. The molecular weight excluding hydrogens is 164 g/mol. The fourth-order valence-electron chi connectivity index (χ4n) is 2.00. The lowest BCUT2D eigenvalue weighted by molar-refractivity contribution is 0.848. The van der Waals surface area contributed by atoms with Crippen LogP contribution in [0.3, 0.4) is 0 Å². The summed E-state index contributed by atoms with van der Waals surface area (Å²) in [6, 6.07) is 0. The van der Waals surface area contributed by atoms with Crippen LogP contribution in [-0.4, -0.2) is 17.4 Å². The molecule has 0 fully saturated rings. The van der Waals surface area contributed by atoms with Gasteiger partial charge in [-0.15, -0.1) is 0 Å². The van der Waals surface area contributed by atoms with Gasteiger partial charge in [-0.3, -0.25) is 0 Å². The van der Waals surface area contributed by atoms with E-state index < -0.39 is 7.59 Å². The highest BCUT2D eigenvalue weighted by molar-refractivity contribution is 7.19. The van der Waals surface area contributed by atoms with Gasteiger partial charge < -0.3 is 0 Å². The summed E-state index contributed by atoms with van der Waals surface area (Å²) >= 11 is 0. The third-order valence-electron chi connectivity index (χ3n) is 2.87. The van der Waals surface area contributed by atoms with Gasteiger partial charge in [0.2, 0.25) is 0 Å². The van der Waals surface area contributed by atoms with Gasteiger partial charge in [0, 0.05) is 17.4 Å². The zero-order valence-corrected chi connectivity index (χ0v) is 10.7. The molecule has 0 N–H and O–H groups in total. The highest BCUT2D eigenvalue weighted by Gasteiger charge is 2.37. The van der Waals surface area contributed by atoms with Gasteiger partial charge in [-0.25, -0.2) is 0 Å². The molecule has 0 aromatic heterocycles. The smallest absolute Gasteiger partial charge is 0.0456 e. The maximum absolute atomic E-state index is 4.07. The molecule has 0 saturated carbocycles. The van der Waals surface area contributed by atoms with Crippen molar-refractivity contribution in [3.63, 3.8) is 0 Å². The van der Waals surface area contributed by atoms with E-state index in [1.807, 2.05) is 0 Å². The van der Waals surface area contributed by atoms with Gasteiger partial charge in [0.15, 0.2) is 0 Å². The molecule has 65 valence electrons. The van der Waals surface area contributed by atoms with Crippen LogP contribution in [0.4, 0.5) is 0 Å². The summed E-state index contributed by atoms with van der Waals surface area (Å²) in [5.41, 5.74) is 2.50. The summed E-state index contributed by atoms with van der Waals surface area (Å²) in [5.74, 6) is 0. The Balaban J connectivity index is 4.53. The summed E-state index contributed by atoms with van der Waals surface area (Å²) in [7, 11) is 2.90. The van der Waals surface area contributed by atoms with Crippen LogP contribution >= 0.6 is 0 Å². The van der Waals surface area contributed by atoms with Crippen LogP contribution in [0.2, 0.25) is 16.6 Å². The second-order valence-corrected chi connectivity index (χ2v) is 12.3. The van der Waals surface area contributed by atoms with E-state index in [2.05, 4.69) is 51.3 Å². The van der Waals surface area contributed by atoms with Gasteiger partial charge in [-0.1, -0.05) is 58.2 Å². The van der Waals surface area contributed by atoms with Crippen molar-refractivity contribution in [2.45, 2.75) is 58.2 Å². The average Bonchev–Trinajstić information content (AvgIpc) is 1.84. The Bertz CT molecular complexity index is 95.0. The van der Waals surface area contributed by atoms with E-state index in [-0.39, 0.29) is 0 Å². The maximum Gasteiger partial charge on any atom is 0.0456 e. The molecule has 0 aliphatic rings. The molecule has 0 saturated heterocycles. The van der Waals surface area contributed by atoms with Gasteiger partial charge in [-0.2, -0.15) is 0 Å². The van der Waals surface area contributed by atoms with Gasteiger partial charge in [0.05, 0.1) is 0 Å². The van der Waals surface area contributed by atoms with Crippen molar-refractivity contribution >= 4 is 17.4 Å². The molecule has 0 heterocycles. The first kappa shape index (κ1) is 11.4. The van der Waals surface area contributed by atoms with Gasteiger partial charge in [-0.05, 0) is 0 Å². The Morgan fingerprint density at radius 1 is 0.727 bits per heavy atom. The van der Waals surface area contributed by atoms with E-state index in [0.717, 1.165) is 16.6 Å². The normalized spacial score (nSPS) is 13.6. The summed E-state index contributed by atoms with van der Waals surface area (Å²) < 4.78 is 0. The number of rotatable bonds is 3. The van der Waals surface area contributed by atoms with E-state index in [9.17, 15) is 0 Å². The van der Waals surface area contributed by atoms with Crippen LogP contribution in [0, 0.1) is 0 Å². The first-order valence-corrected chi connectivity index (χ1v) is 8.31. The van der Waals surface area contributed by atoms with E-state index in [4.69, 9.17) is 0 Å². The van der Waals surface area contributed by atoms with E-state index in [1.165, 1.54) is 0 Å². The molecular formula is C9H21Si2. The zero-order valence-electron chi connectivity index (χ0n) is 8.73. The van der Waals surface area contributed by atoms with Crippen molar-refractivity contribution in [2.75, 3.05) is 0 Å². The molecule has 0 aromatic carbocycles. The molecule has 0 atom stereocenters. The van der Waals surface area contributed by atoms with Crippen molar-refractivity contribution in [3.8, 4) is 0 Å². The van der Waals surface area contributed by atoms with Gasteiger partial charge in [0.1, 0.15) is 0 Å². The molecule has 0 aliphatic heterocycles. The highest BCUT2D eigenvalue weighted by Crippen LogP contribution is 2.38. The Hall–Kier alpha value is 0.434. The van der Waals surface area contributed by atoms with Crippen molar-refractivity contribution in [1.82, 2.24) is 0 Å². The largest absolute Gasteiger partial charge is 0.0654 e. The van der Waals surface area contributed by atoms with Crippen molar-refractivity contribution in [2.24, 2.45) is 0 Å². The lowest BCUT2D eigenvalue weighted by atomic mass is 10.5. The Labute approximate surface area is 76.0 Å². The quantitative estimate of drug-likeness (QED) is 0.592. The summed E-state index contributed by atoms with van der Waals surface area (Å²) in [6.45, 7) is 14.1. The van der Waals surface area contributed by atoms with Crippen molar-refractivity contribution < 1.29 is 0 Å². The second kappa shape index (κ2) is 3.90. The molecule has 0 aromatic rings. The molecule has 0 amide bonds. The third kappa shape index (κ3) is 2.18. The minimum absolute atomic E-state index is 0.833. The fourth-order valence-corrected chi connectivity index (χ4v) is 6.00. The standard InChI is InChI=1S/C9H21Si2/c1-7(2)11(10,8(3)4)9(5)6/h7-9H,1-6H3. The monoisotopic (exact) mass is 185 g/mol. The predicted octanol–water partition coefficient (Wildman–Crippen LogP) is 3.33. The Morgan fingerprint density at radius 2 is 0.909 bits per heavy atom. The van der Waals surface area contributed by atoms with Crippen molar-refractivity contribution in [3.05, 3.63) is 0 Å². The molecule has 0 nitrogen and oxygen atoms in total. The minimum Gasteiger partial charge on any atom is -0.0654 e. The molecule has 0 aliphatic carbocycles. The molecule has 0 rings (SSSR count). The van der Waals surface area contributed by atoms with Crippen LogP contribution in [-0.2, 0) is 0 Å². The summed E-state index contributed by atoms with van der Waals surface area (Å²) in [4.78, 5) is 0. The second-order valence-electron chi connectivity index (χ2n) is 4.40. The van der Waals surface area contributed by atoms with E-state index >= 15 is 0 Å². The highest BCUT2D eigenvalue weighted by atomic mass is 29.2. The van der Waals surface area contributed by atoms with Crippen LogP contribution in [0.15, 0.2) is 0 Å². The third-order valence-corrected chi connectivity index (χ3v) is 13.8. The Kier molecular flexibility index (Phi) is 4.05. The van der Waals surface area contributed by atoms with Crippen LogP contribution in [0.5, 0.6) is 0 Å². The maximum atomic E-state index is 4.07. The van der Waals surface area contributed by atoms with Crippen LogP contribution < -0.4 is 0 Å². The fraction of sp³-hybridized carbons (Fsp3) is 1.00. The first-order chi connectivity index (χ1) is 4.83. The minimum atomic E-state index is -1.18. The molecule has 3 radical (unpaired) electrons. The summed E-state index contributed by atoms with van der Waals surface area (Å²) in [6.07, 6.45) is 0. The van der Waals surface area contributed by atoms with Crippen LogP contribution in [0.1, 0.15) is 41.5 Å². The summed E-state index contributed by atoms with van der Waals surface area (Å²) in [5, 5.41) is 0. The predicted molar refractivity (Wildman–Crippen MR) is 56.8 cm³/mol. The number of hydrogen-bond acceptors (Lipinski definition) is 0. The molecule has 2 heteroatoms. The molecule has 0 unspecified atom stereocenters. The van der Waals surface area contributed by atoms with E-state index in [1.54, 1.807) is 0 Å². The average molecular weight is 185 g/mol. The lowest BCUT2D eigenvalue weighted by Crippen LogP contribution is -2.45. The zero-order chi connectivity index (χ0) is 9.23. The van der Waals surface area contributed by atoms with Crippen molar-refractivity contribution in [1.29, 1.82) is 0 Å². The topological polar surface area (TPSA) is 0 Å². The first-order valence-electron chi connectivity index (χ1n) is 4.58.